The summed E-state index contributed by atoms with van der Waals surface area (Å²) >= 11 is 0. The van der Waals surface area contributed by atoms with Gasteiger partial charge in [0.2, 0.25) is 0 Å². The number of nitrogens with zero attached hydrogens (tertiary/aromatic N) is 1. The molecule has 0 aliphatic heterocycles. The first-order valence-electron chi connectivity index (χ1n) is 4.21. The van der Waals surface area contributed by atoms with Crippen molar-refractivity contribution in [3.63, 3.8) is 0 Å². The lowest BCUT2D eigenvalue weighted by atomic mass is 10.2. The second-order valence-corrected chi connectivity index (χ2v) is 2.80. The third-order valence-corrected chi connectivity index (χ3v) is 1.93. The number of methoxy groups -OCH3 is 2. The summed E-state index contributed by atoms with van der Waals surface area (Å²) in [6.07, 6.45) is 0.981. The molecule has 0 fully saturated rings. The van der Waals surface area contributed by atoms with Crippen LogP contribution < -0.4 is 10.5 Å². The van der Waals surface area contributed by atoms with E-state index in [1.165, 1.54) is 6.07 Å². The molecule has 0 atom stereocenters. The summed E-state index contributed by atoms with van der Waals surface area (Å²) in [5.74, 6) is -1.65. The quantitative estimate of drug-likeness (QED) is 0.413. The van der Waals surface area contributed by atoms with Crippen LogP contribution in [0.3, 0.4) is 0 Å². The topological polar surface area (TPSA) is 106 Å². The van der Waals surface area contributed by atoms with E-state index in [1.807, 2.05) is 0 Å². The van der Waals surface area contributed by atoms with Crippen molar-refractivity contribution < 1.29 is 23.8 Å². The van der Waals surface area contributed by atoms with Gasteiger partial charge in [-0.25, -0.2) is 9.59 Å². The van der Waals surface area contributed by atoms with Crippen LogP contribution in [-0.4, -0.2) is 26.2 Å². The minimum Gasteiger partial charge on any atom is -0.618 e. The normalized spacial score (nSPS) is 9.62. The van der Waals surface area contributed by atoms with Gasteiger partial charge in [0.1, 0.15) is 5.69 Å². The summed E-state index contributed by atoms with van der Waals surface area (Å²) in [5.41, 5.74) is 4.75. The van der Waals surface area contributed by atoms with E-state index in [1.54, 1.807) is 0 Å². The van der Waals surface area contributed by atoms with Gasteiger partial charge in [-0.1, -0.05) is 0 Å². The Hall–Kier alpha value is -2.31. The molecular weight excluding hydrogens is 216 g/mol. The fraction of sp³-hybridized carbons (Fsp3) is 0.222. The predicted molar refractivity (Wildman–Crippen MR) is 52.5 cm³/mol. The Kier molecular flexibility index (Phi) is 3.29. The van der Waals surface area contributed by atoms with Gasteiger partial charge in [-0.15, -0.1) is 0 Å². The van der Waals surface area contributed by atoms with E-state index in [4.69, 9.17) is 5.73 Å². The first kappa shape index (κ1) is 11.8. The number of carbonyl (C=O) groups excluding carboxylic acids is 2. The lowest BCUT2D eigenvalue weighted by Gasteiger charge is -2.08. The largest absolute Gasteiger partial charge is 0.618 e. The first-order chi connectivity index (χ1) is 7.52. The molecule has 1 aromatic heterocycles. The third-order valence-electron chi connectivity index (χ3n) is 1.93. The molecule has 0 radical (unpaired) electrons. The SMILES string of the molecule is COC(=O)c1cc[n+]([O-])c(C(=O)OC)c1N. The highest BCUT2D eigenvalue weighted by Gasteiger charge is 2.26. The Morgan fingerprint density at radius 2 is 1.88 bits per heavy atom. The molecule has 7 heteroatoms. The highest BCUT2D eigenvalue weighted by molar-refractivity contribution is 6.01. The molecule has 0 saturated heterocycles. The van der Waals surface area contributed by atoms with Crippen molar-refractivity contribution in [2.24, 2.45) is 0 Å². The van der Waals surface area contributed by atoms with Crippen LogP contribution in [0.2, 0.25) is 0 Å². The summed E-state index contributed by atoms with van der Waals surface area (Å²) in [4.78, 5) is 22.5. The van der Waals surface area contributed by atoms with E-state index < -0.39 is 17.6 Å². The van der Waals surface area contributed by atoms with E-state index >= 15 is 0 Å². The van der Waals surface area contributed by atoms with Gasteiger partial charge in [-0.05, 0) is 0 Å². The summed E-state index contributed by atoms with van der Waals surface area (Å²) in [6, 6.07) is 1.17. The Balaban J connectivity index is 3.38. The number of anilines is 1. The summed E-state index contributed by atoms with van der Waals surface area (Å²) < 4.78 is 9.05. The third kappa shape index (κ3) is 1.88. The van der Waals surface area contributed by atoms with Crippen molar-refractivity contribution in [2.45, 2.75) is 0 Å². The number of hydrogen-bond donors (Lipinski definition) is 1. The average molecular weight is 226 g/mol. The molecule has 1 rings (SSSR count). The maximum atomic E-state index is 11.3. The maximum Gasteiger partial charge on any atom is 0.407 e. The van der Waals surface area contributed by atoms with Gasteiger partial charge < -0.3 is 20.4 Å². The van der Waals surface area contributed by atoms with E-state index in [-0.39, 0.29) is 16.0 Å². The number of ether oxygens (including phenoxy) is 2. The lowest BCUT2D eigenvalue weighted by Crippen LogP contribution is -2.37. The Morgan fingerprint density at radius 3 is 2.38 bits per heavy atom. The second kappa shape index (κ2) is 4.47. The molecule has 86 valence electrons. The van der Waals surface area contributed by atoms with Gasteiger partial charge >= 0.3 is 17.6 Å². The molecule has 2 N–H and O–H groups in total. The average Bonchev–Trinajstić information content (AvgIpc) is 2.28. The molecule has 0 spiro atoms. The van der Waals surface area contributed by atoms with Crippen molar-refractivity contribution in [3.05, 3.63) is 28.7 Å². The van der Waals surface area contributed by atoms with Gasteiger partial charge in [0.25, 0.3) is 0 Å². The molecule has 0 aliphatic carbocycles. The predicted octanol–water partition coefficient (Wildman–Crippen LogP) is -0.525. The molecule has 0 unspecified atom stereocenters. The molecule has 0 bridgehead atoms. The van der Waals surface area contributed by atoms with Crippen LogP contribution in [0.25, 0.3) is 0 Å². The Bertz CT molecular complexity index is 444. The van der Waals surface area contributed by atoms with Crippen LogP contribution in [0.1, 0.15) is 20.8 Å². The number of nitrogens with two attached hydrogens (primary N) is 1. The highest BCUT2D eigenvalue weighted by Crippen LogP contribution is 2.15. The molecule has 0 aromatic carbocycles. The smallest absolute Gasteiger partial charge is 0.407 e. The zero-order valence-electron chi connectivity index (χ0n) is 8.72. The number of rotatable bonds is 2. The molecule has 0 amide bonds. The maximum absolute atomic E-state index is 11.3. The number of hydrogen-bond acceptors (Lipinski definition) is 6. The van der Waals surface area contributed by atoms with E-state index in [2.05, 4.69) is 9.47 Å². The zero-order chi connectivity index (χ0) is 12.3. The summed E-state index contributed by atoms with van der Waals surface area (Å²) in [7, 11) is 2.27. The molecule has 1 aromatic rings. The van der Waals surface area contributed by atoms with Gasteiger partial charge in [0.15, 0.2) is 6.20 Å². The fourth-order valence-electron chi connectivity index (χ4n) is 1.14. The first-order valence-corrected chi connectivity index (χ1v) is 4.21. The van der Waals surface area contributed by atoms with Crippen molar-refractivity contribution >= 4 is 17.6 Å². The van der Waals surface area contributed by atoms with Crippen LogP contribution in [0.15, 0.2) is 12.3 Å². The van der Waals surface area contributed by atoms with Crippen LogP contribution in [0, 0.1) is 5.21 Å². The monoisotopic (exact) mass is 226 g/mol. The van der Waals surface area contributed by atoms with Crippen LogP contribution in [-0.2, 0) is 9.47 Å². The highest BCUT2D eigenvalue weighted by atomic mass is 16.5. The number of pyridine rings is 1. The minimum atomic E-state index is -0.918. The molecule has 0 saturated carbocycles. The Morgan fingerprint density at radius 1 is 1.31 bits per heavy atom. The van der Waals surface area contributed by atoms with Crippen molar-refractivity contribution in [3.8, 4) is 0 Å². The van der Waals surface area contributed by atoms with Crippen LogP contribution in [0.4, 0.5) is 5.69 Å². The zero-order valence-corrected chi connectivity index (χ0v) is 8.72. The molecular formula is C9H10N2O5. The lowest BCUT2D eigenvalue weighted by molar-refractivity contribution is -0.607. The van der Waals surface area contributed by atoms with Gasteiger partial charge in [0.05, 0.1) is 19.8 Å². The van der Waals surface area contributed by atoms with E-state index in [9.17, 15) is 14.8 Å². The van der Waals surface area contributed by atoms with Crippen LogP contribution in [0.5, 0.6) is 0 Å². The molecule has 7 nitrogen and oxygen atoms in total. The summed E-state index contributed by atoms with van der Waals surface area (Å²) in [5, 5.41) is 11.3. The Labute approximate surface area is 91.0 Å². The number of esters is 2. The van der Waals surface area contributed by atoms with Gasteiger partial charge in [-0.2, -0.15) is 4.73 Å². The van der Waals surface area contributed by atoms with Crippen molar-refractivity contribution in [2.75, 3.05) is 20.0 Å². The number of carbonyl (C=O) groups is 2. The van der Waals surface area contributed by atoms with Crippen LogP contribution >= 0.6 is 0 Å². The fourth-order valence-corrected chi connectivity index (χ4v) is 1.14. The van der Waals surface area contributed by atoms with Gasteiger partial charge in [0, 0.05) is 6.07 Å². The van der Waals surface area contributed by atoms with Crippen molar-refractivity contribution in [1.29, 1.82) is 0 Å². The number of aromatic nitrogens is 1. The minimum absolute atomic E-state index is 0.0602. The molecule has 16 heavy (non-hydrogen) atoms. The summed E-state index contributed by atoms with van der Waals surface area (Å²) in [6.45, 7) is 0. The number of nitrogen functional groups attached to an aromatic ring is 1. The van der Waals surface area contributed by atoms with Gasteiger partial charge in [-0.3, -0.25) is 0 Å². The second-order valence-electron chi connectivity index (χ2n) is 2.80. The van der Waals surface area contributed by atoms with E-state index in [0.717, 1.165) is 20.4 Å². The molecule has 1 heterocycles. The molecule has 0 aliphatic rings. The van der Waals surface area contributed by atoms with E-state index in [0.29, 0.717) is 0 Å². The van der Waals surface area contributed by atoms with Crippen molar-refractivity contribution in [1.82, 2.24) is 0 Å². The standard InChI is InChI=1S/C9H10N2O5/c1-15-8(12)5-3-4-11(14)7(6(5)10)9(13)16-2/h3-4H,10H2,1-2H3.